The monoisotopic (exact) mass is 391 g/mol. The summed E-state index contributed by atoms with van der Waals surface area (Å²) in [6, 6.07) is 0. The van der Waals surface area contributed by atoms with E-state index in [1.165, 1.54) is 6.42 Å². The Labute approximate surface area is 171 Å². The number of aliphatic hydroxyl groups excluding tert-OH is 2. The molecule has 0 aromatic carbocycles. The predicted octanol–water partition coefficient (Wildman–Crippen LogP) is 4.06. The molecule has 28 heavy (non-hydrogen) atoms. The maximum atomic E-state index is 12.3. The van der Waals surface area contributed by atoms with E-state index in [4.69, 9.17) is 0 Å². The highest BCUT2D eigenvalue weighted by Gasteiger charge is 2.54. The summed E-state index contributed by atoms with van der Waals surface area (Å²) in [5.74, 6) is 1.83. The van der Waals surface area contributed by atoms with Crippen molar-refractivity contribution in [2.45, 2.75) is 84.7 Å². The molecule has 0 heterocycles. The number of amides is 1. The summed E-state index contributed by atoms with van der Waals surface area (Å²) >= 11 is 0. The van der Waals surface area contributed by atoms with Crippen LogP contribution >= 0.6 is 0 Å². The molecule has 2 fully saturated rings. The van der Waals surface area contributed by atoms with Crippen molar-refractivity contribution < 1.29 is 15.0 Å². The zero-order valence-electron chi connectivity index (χ0n) is 18.1. The van der Waals surface area contributed by atoms with E-state index >= 15 is 0 Å². The van der Waals surface area contributed by atoms with E-state index in [-0.39, 0.29) is 35.4 Å². The van der Waals surface area contributed by atoms with Gasteiger partial charge in [-0.2, -0.15) is 0 Å². The normalized spacial score (nSPS) is 43.0. The Hall–Kier alpha value is -0.870. The molecule has 2 saturated carbocycles. The highest BCUT2D eigenvalue weighted by Crippen LogP contribution is 2.60. The van der Waals surface area contributed by atoms with Crippen LogP contribution < -0.4 is 5.32 Å². The number of hydrogen-bond acceptors (Lipinski definition) is 3. The minimum atomic E-state index is -0.278. The maximum absolute atomic E-state index is 12.3. The van der Waals surface area contributed by atoms with Crippen LogP contribution in [0.2, 0.25) is 0 Å². The molecule has 0 spiro atoms. The third-order valence-corrected chi connectivity index (χ3v) is 8.63. The summed E-state index contributed by atoms with van der Waals surface area (Å²) in [5, 5.41) is 23.6. The average molecular weight is 392 g/mol. The number of allylic oxidation sites excluding steroid dienone is 2. The van der Waals surface area contributed by atoms with Gasteiger partial charge >= 0.3 is 0 Å². The quantitative estimate of drug-likeness (QED) is 0.573. The lowest BCUT2D eigenvalue weighted by atomic mass is 9.49. The summed E-state index contributed by atoms with van der Waals surface area (Å²) in [5.41, 5.74) is 0.283. The van der Waals surface area contributed by atoms with Gasteiger partial charge in [0.2, 0.25) is 5.91 Å². The second-order valence-corrected chi connectivity index (χ2v) is 10.3. The van der Waals surface area contributed by atoms with Gasteiger partial charge in [-0.25, -0.2) is 0 Å². The zero-order valence-corrected chi connectivity index (χ0v) is 18.1. The molecular weight excluding hydrogens is 350 g/mol. The molecule has 0 aromatic rings. The number of hydrogen-bond donors (Lipinski definition) is 3. The standard InChI is InChI=1S/C24H41NO3/c1-4-5-8-22(28)25-15-19-20-7-6-11-23(20,2)12-10-21(19)24(3)13-9-18(27)14-17(24)16-26/h6,11,17-21,26-27H,4-5,7-10,12-16H2,1-3H3,(H,25,28)/t17-,18+,19+,20+,21+,23+,24+/m1/s1. The smallest absolute Gasteiger partial charge is 0.220 e. The van der Waals surface area contributed by atoms with Gasteiger partial charge in [-0.1, -0.05) is 39.3 Å². The SMILES string of the molecule is CCCCC(=O)NC[C@@H]1[C@@H]([C@@]2(C)CC[C@H](O)C[C@@H]2CO)CC[C@]2(C)C=CC[C@@H]12. The lowest BCUT2D eigenvalue weighted by Gasteiger charge is -2.56. The first-order valence-corrected chi connectivity index (χ1v) is 11.6. The topological polar surface area (TPSA) is 69.6 Å². The molecular formula is C24H41NO3. The zero-order chi connectivity index (χ0) is 20.4. The van der Waals surface area contributed by atoms with Gasteiger partial charge in [-0.05, 0) is 79.4 Å². The van der Waals surface area contributed by atoms with Crippen LogP contribution in [-0.2, 0) is 4.79 Å². The van der Waals surface area contributed by atoms with Crippen molar-refractivity contribution in [2.75, 3.05) is 13.2 Å². The van der Waals surface area contributed by atoms with Crippen LogP contribution in [0.15, 0.2) is 12.2 Å². The van der Waals surface area contributed by atoms with E-state index in [1.54, 1.807) is 0 Å². The van der Waals surface area contributed by atoms with E-state index in [0.717, 1.165) is 45.1 Å². The van der Waals surface area contributed by atoms with E-state index in [9.17, 15) is 15.0 Å². The van der Waals surface area contributed by atoms with Crippen LogP contribution in [0, 0.1) is 34.5 Å². The van der Waals surface area contributed by atoms with Crippen LogP contribution in [0.1, 0.15) is 78.6 Å². The number of rotatable bonds is 7. The van der Waals surface area contributed by atoms with Gasteiger partial charge < -0.3 is 15.5 Å². The predicted molar refractivity (Wildman–Crippen MR) is 113 cm³/mol. The minimum Gasteiger partial charge on any atom is -0.396 e. The van der Waals surface area contributed by atoms with E-state index in [0.29, 0.717) is 30.6 Å². The summed E-state index contributed by atoms with van der Waals surface area (Å²) in [7, 11) is 0. The van der Waals surface area contributed by atoms with Gasteiger partial charge in [0, 0.05) is 19.6 Å². The van der Waals surface area contributed by atoms with E-state index in [2.05, 4.69) is 38.2 Å². The first kappa shape index (κ1) is 21.8. The van der Waals surface area contributed by atoms with Crippen molar-refractivity contribution in [3.05, 3.63) is 12.2 Å². The Balaban J connectivity index is 1.80. The third kappa shape index (κ3) is 4.18. The van der Waals surface area contributed by atoms with Crippen LogP contribution in [-0.4, -0.2) is 35.4 Å². The molecule has 3 N–H and O–H groups in total. The number of nitrogens with one attached hydrogen (secondary N) is 1. The lowest BCUT2D eigenvalue weighted by molar-refractivity contribution is -0.123. The first-order valence-electron chi connectivity index (χ1n) is 11.6. The molecule has 0 saturated heterocycles. The molecule has 3 rings (SSSR count). The minimum absolute atomic E-state index is 0.0384. The summed E-state index contributed by atoms with van der Waals surface area (Å²) in [4.78, 5) is 12.3. The van der Waals surface area contributed by atoms with Crippen molar-refractivity contribution in [3.63, 3.8) is 0 Å². The average Bonchev–Trinajstić information content (AvgIpc) is 3.08. The molecule has 0 bridgehead atoms. The Morgan fingerprint density at radius 1 is 1.21 bits per heavy atom. The van der Waals surface area contributed by atoms with Crippen molar-refractivity contribution in [2.24, 2.45) is 34.5 Å². The second kappa shape index (κ2) is 8.87. The van der Waals surface area contributed by atoms with Gasteiger partial charge in [-0.15, -0.1) is 0 Å². The highest BCUT2D eigenvalue weighted by molar-refractivity contribution is 5.75. The number of carbonyl (C=O) groups is 1. The van der Waals surface area contributed by atoms with Crippen LogP contribution in [0.3, 0.4) is 0 Å². The Morgan fingerprint density at radius 2 is 2.00 bits per heavy atom. The Kier molecular flexibility index (Phi) is 6.92. The fourth-order valence-electron chi connectivity index (χ4n) is 6.70. The van der Waals surface area contributed by atoms with Crippen molar-refractivity contribution in [1.82, 2.24) is 5.32 Å². The second-order valence-electron chi connectivity index (χ2n) is 10.3. The molecule has 0 aromatic heterocycles. The molecule has 4 heteroatoms. The molecule has 3 aliphatic carbocycles. The van der Waals surface area contributed by atoms with E-state index < -0.39 is 0 Å². The molecule has 0 aliphatic heterocycles. The maximum Gasteiger partial charge on any atom is 0.220 e. The molecule has 7 atom stereocenters. The largest absolute Gasteiger partial charge is 0.396 e. The fraction of sp³-hybridized carbons (Fsp3) is 0.875. The summed E-state index contributed by atoms with van der Waals surface area (Å²) < 4.78 is 0. The van der Waals surface area contributed by atoms with Crippen LogP contribution in [0.5, 0.6) is 0 Å². The fourth-order valence-corrected chi connectivity index (χ4v) is 6.70. The number of fused-ring (bicyclic) bond motifs is 1. The van der Waals surface area contributed by atoms with E-state index in [1.807, 2.05) is 0 Å². The highest BCUT2D eigenvalue weighted by atomic mass is 16.3. The number of aliphatic hydroxyl groups is 2. The summed E-state index contributed by atoms with van der Waals surface area (Å²) in [6.07, 6.45) is 13.0. The van der Waals surface area contributed by atoms with Gasteiger partial charge in [-0.3, -0.25) is 4.79 Å². The van der Waals surface area contributed by atoms with Crippen molar-refractivity contribution >= 4 is 5.91 Å². The van der Waals surface area contributed by atoms with Crippen molar-refractivity contribution in [3.8, 4) is 0 Å². The number of unbranched alkanes of at least 4 members (excludes halogenated alkanes) is 1. The van der Waals surface area contributed by atoms with Crippen LogP contribution in [0.25, 0.3) is 0 Å². The van der Waals surface area contributed by atoms with Gasteiger partial charge in [0.1, 0.15) is 0 Å². The molecule has 4 nitrogen and oxygen atoms in total. The van der Waals surface area contributed by atoms with Gasteiger partial charge in [0.05, 0.1) is 6.10 Å². The van der Waals surface area contributed by atoms with Gasteiger partial charge in [0.15, 0.2) is 0 Å². The Bertz CT molecular complexity index is 576. The van der Waals surface area contributed by atoms with Gasteiger partial charge in [0.25, 0.3) is 0 Å². The molecule has 1 amide bonds. The van der Waals surface area contributed by atoms with Crippen molar-refractivity contribution in [1.29, 1.82) is 0 Å². The third-order valence-electron chi connectivity index (χ3n) is 8.63. The number of carbonyl (C=O) groups excluding carboxylic acids is 1. The Morgan fingerprint density at radius 3 is 2.71 bits per heavy atom. The molecule has 3 aliphatic rings. The first-order chi connectivity index (χ1) is 13.3. The molecule has 160 valence electrons. The van der Waals surface area contributed by atoms with Crippen LogP contribution in [0.4, 0.5) is 0 Å². The lowest BCUT2D eigenvalue weighted by Crippen LogP contribution is -2.53. The summed E-state index contributed by atoms with van der Waals surface area (Å²) in [6.45, 7) is 7.76. The molecule has 0 unspecified atom stereocenters. The molecule has 0 radical (unpaired) electrons.